The molecule has 0 saturated heterocycles. The summed E-state index contributed by atoms with van der Waals surface area (Å²) in [6.07, 6.45) is 5.57. The second kappa shape index (κ2) is 7.86. The van der Waals surface area contributed by atoms with E-state index in [1.165, 1.54) is 0 Å². The van der Waals surface area contributed by atoms with E-state index in [1.54, 1.807) is 28.9 Å². The van der Waals surface area contributed by atoms with Crippen molar-refractivity contribution in [2.24, 2.45) is 0 Å². The van der Waals surface area contributed by atoms with Gasteiger partial charge in [0.05, 0.1) is 31.8 Å². The number of pyridine rings is 2. The van der Waals surface area contributed by atoms with Gasteiger partial charge in [-0.15, -0.1) is 11.3 Å². The molecule has 0 saturated carbocycles. The van der Waals surface area contributed by atoms with Crippen LogP contribution in [0.4, 0.5) is 21.6 Å². The van der Waals surface area contributed by atoms with E-state index in [-0.39, 0.29) is 0 Å². The third-order valence-electron chi connectivity index (χ3n) is 4.70. The zero-order valence-corrected chi connectivity index (χ0v) is 18.3. The summed E-state index contributed by atoms with van der Waals surface area (Å²) in [5.74, 6) is 0.441. The molecule has 154 valence electrons. The van der Waals surface area contributed by atoms with E-state index >= 15 is 0 Å². The predicted octanol–water partition coefficient (Wildman–Crippen LogP) is 5.63. The number of imidazole rings is 1. The second-order valence-electron chi connectivity index (χ2n) is 6.83. The van der Waals surface area contributed by atoms with Crippen LogP contribution in [0.5, 0.6) is 0 Å². The molecule has 5 aromatic rings. The molecule has 0 aromatic carbocycles. The summed E-state index contributed by atoms with van der Waals surface area (Å²) in [7, 11) is 0. The van der Waals surface area contributed by atoms with Gasteiger partial charge < -0.3 is 16.4 Å². The molecule has 5 aromatic heterocycles. The minimum Gasteiger partial charge on any atom is -0.382 e. The Morgan fingerprint density at radius 3 is 2.87 bits per heavy atom. The molecule has 0 fully saturated rings. The fraction of sp³-hybridized carbons (Fsp3) is 0.0455. The molecule has 0 atom stereocenters. The standard InChI is InChI=1S/C22H19N7S2/c1-13(26-15-6-5-10-24-21(15)23)16-8-9-19(30-16)28-22-25-12-17(31-22)20-14(2)27-18-7-3-4-11-29(18)20/h3-12,26H,1H2,2H3,(H2,23,24)(H,25,28). The van der Waals surface area contributed by atoms with Gasteiger partial charge in [-0.05, 0) is 43.3 Å². The number of hydrogen-bond acceptors (Lipinski definition) is 8. The fourth-order valence-corrected chi connectivity index (χ4v) is 5.09. The molecule has 31 heavy (non-hydrogen) atoms. The lowest BCUT2D eigenvalue weighted by Crippen LogP contribution is -2.00. The van der Waals surface area contributed by atoms with Gasteiger partial charge >= 0.3 is 0 Å². The highest BCUT2D eigenvalue weighted by Gasteiger charge is 2.14. The van der Waals surface area contributed by atoms with Crippen molar-refractivity contribution in [1.82, 2.24) is 19.4 Å². The van der Waals surface area contributed by atoms with Gasteiger partial charge in [0.25, 0.3) is 0 Å². The molecule has 0 amide bonds. The molecular weight excluding hydrogens is 426 g/mol. The Balaban J connectivity index is 1.33. The van der Waals surface area contributed by atoms with Crippen LogP contribution in [0.15, 0.2) is 67.6 Å². The average molecular weight is 446 g/mol. The van der Waals surface area contributed by atoms with E-state index in [4.69, 9.17) is 5.73 Å². The maximum absolute atomic E-state index is 5.91. The summed E-state index contributed by atoms with van der Waals surface area (Å²) in [4.78, 5) is 15.3. The molecular formula is C22H19N7S2. The molecule has 0 unspecified atom stereocenters. The van der Waals surface area contributed by atoms with Gasteiger partial charge in [0.2, 0.25) is 0 Å². The largest absolute Gasteiger partial charge is 0.382 e. The van der Waals surface area contributed by atoms with Gasteiger partial charge in [0.15, 0.2) is 5.13 Å². The van der Waals surface area contributed by atoms with Crippen LogP contribution >= 0.6 is 22.7 Å². The SMILES string of the molecule is C=C(Nc1cccnc1N)c1ccc(Nc2ncc(-c3c(C)nc4ccccn34)s2)s1. The van der Waals surface area contributed by atoms with Crippen LogP contribution in [0.3, 0.4) is 0 Å². The number of nitrogens with one attached hydrogen (secondary N) is 2. The second-order valence-corrected chi connectivity index (χ2v) is 8.95. The summed E-state index contributed by atoms with van der Waals surface area (Å²) in [6, 6.07) is 13.7. The molecule has 0 aliphatic carbocycles. The minimum atomic E-state index is 0.441. The van der Waals surface area contributed by atoms with Crippen molar-refractivity contribution in [2.75, 3.05) is 16.4 Å². The lowest BCUT2D eigenvalue weighted by molar-refractivity contribution is 1.19. The molecule has 9 heteroatoms. The zero-order valence-electron chi connectivity index (χ0n) is 16.7. The van der Waals surface area contributed by atoms with Crippen molar-refractivity contribution in [1.29, 1.82) is 0 Å². The molecule has 0 aliphatic heterocycles. The summed E-state index contributed by atoms with van der Waals surface area (Å²) in [6.45, 7) is 6.15. The number of aromatic nitrogens is 4. The van der Waals surface area contributed by atoms with E-state index in [0.717, 1.165) is 48.3 Å². The summed E-state index contributed by atoms with van der Waals surface area (Å²) < 4.78 is 2.09. The van der Waals surface area contributed by atoms with E-state index in [1.807, 2.05) is 61.8 Å². The Morgan fingerprint density at radius 2 is 2.00 bits per heavy atom. The van der Waals surface area contributed by atoms with Crippen molar-refractivity contribution < 1.29 is 0 Å². The number of aryl methyl sites for hydroxylation is 1. The van der Waals surface area contributed by atoms with Gasteiger partial charge in [0, 0.05) is 24.3 Å². The van der Waals surface area contributed by atoms with E-state index in [9.17, 15) is 0 Å². The highest BCUT2D eigenvalue weighted by atomic mass is 32.1. The number of nitrogens with two attached hydrogens (primary N) is 1. The summed E-state index contributed by atoms with van der Waals surface area (Å²) >= 11 is 3.19. The lowest BCUT2D eigenvalue weighted by Gasteiger charge is -2.09. The van der Waals surface area contributed by atoms with Crippen LogP contribution in [0.25, 0.3) is 21.9 Å². The zero-order chi connectivity index (χ0) is 21.4. The van der Waals surface area contributed by atoms with Gasteiger partial charge in [-0.1, -0.05) is 24.0 Å². The average Bonchev–Trinajstić information content (AvgIpc) is 3.48. The predicted molar refractivity (Wildman–Crippen MR) is 130 cm³/mol. The van der Waals surface area contributed by atoms with Crippen LogP contribution in [0, 0.1) is 6.92 Å². The van der Waals surface area contributed by atoms with Crippen LogP contribution < -0.4 is 16.4 Å². The van der Waals surface area contributed by atoms with Gasteiger partial charge in [-0.25, -0.2) is 15.0 Å². The summed E-state index contributed by atoms with van der Waals surface area (Å²) in [5.41, 5.74) is 10.4. The Labute approximate surface area is 187 Å². The van der Waals surface area contributed by atoms with E-state index < -0.39 is 0 Å². The first-order valence-electron chi connectivity index (χ1n) is 9.52. The fourth-order valence-electron chi connectivity index (χ4n) is 3.27. The Morgan fingerprint density at radius 1 is 1.10 bits per heavy atom. The van der Waals surface area contributed by atoms with E-state index in [2.05, 4.69) is 36.6 Å². The lowest BCUT2D eigenvalue weighted by atomic mass is 10.3. The molecule has 5 heterocycles. The van der Waals surface area contributed by atoms with Crippen molar-refractivity contribution >= 4 is 55.7 Å². The number of thiophene rings is 1. The highest BCUT2D eigenvalue weighted by Crippen LogP contribution is 2.35. The highest BCUT2D eigenvalue weighted by molar-refractivity contribution is 7.20. The molecule has 7 nitrogen and oxygen atoms in total. The van der Waals surface area contributed by atoms with Crippen LogP contribution in [-0.4, -0.2) is 19.4 Å². The number of nitrogens with zero attached hydrogens (tertiary/aromatic N) is 4. The first-order valence-corrected chi connectivity index (χ1v) is 11.2. The molecule has 0 spiro atoms. The molecule has 0 radical (unpaired) electrons. The number of thiazole rings is 1. The number of rotatable bonds is 6. The van der Waals surface area contributed by atoms with E-state index in [0.29, 0.717) is 5.82 Å². The number of fused-ring (bicyclic) bond motifs is 1. The quantitative estimate of drug-likeness (QED) is 0.314. The maximum Gasteiger partial charge on any atom is 0.188 e. The third-order valence-corrected chi connectivity index (χ3v) is 6.68. The number of nitrogen functional groups attached to an aromatic ring is 1. The van der Waals surface area contributed by atoms with Gasteiger partial charge in [0.1, 0.15) is 11.5 Å². The third kappa shape index (κ3) is 3.76. The van der Waals surface area contributed by atoms with Crippen molar-refractivity contribution in [3.05, 3.63) is 78.2 Å². The Hall–Kier alpha value is -3.69. The molecule has 5 rings (SSSR count). The number of hydrogen-bond donors (Lipinski definition) is 3. The number of anilines is 4. The van der Waals surface area contributed by atoms with Crippen LogP contribution in [0.2, 0.25) is 0 Å². The maximum atomic E-state index is 5.91. The Bertz CT molecular complexity index is 1400. The smallest absolute Gasteiger partial charge is 0.188 e. The first kappa shape index (κ1) is 19.3. The Kier molecular flexibility index (Phi) is 4.89. The first-order chi connectivity index (χ1) is 15.1. The topological polar surface area (TPSA) is 93.2 Å². The van der Waals surface area contributed by atoms with Crippen molar-refractivity contribution in [2.45, 2.75) is 6.92 Å². The molecule has 0 aliphatic rings. The molecule has 4 N–H and O–H groups in total. The van der Waals surface area contributed by atoms with Crippen molar-refractivity contribution in [3.8, 4) is 10.6 Å². The molecule has 0 bridgehead atoms. The van der Waals surface area contributed by atoms with Gasteiger partial charge in [-0.2, -0.15) is 0 Å². The van der Waals surface area contributed by atoms with Crippen LogP contribution in [0.1, 0.15) is 10.6 Å². The normalized spacial score (nSPS) is 11.0. The minimum absolute atomic E-state index is 0.441. The van der Waals surface area contributed by atoms with Gasteiger partial charge in [-0.3, -0.25) is 4.40 Å². The monoisotopic (exact) mass is 445 g/mol. The van der Waals surface area contributed by atoms with Crippen molar-refractivity contribution in [3.63, 3.8) is 0 Å². The summed E-state index contributed by atoms with van der Waals surface area (Å²) in [5, 5.41) is 8.42. The van der Waals surface area contributed by atoms with Crippen LogP contribution in [-0.2, 0) is 0 Å².